The van der Waals surface area contributed by atoms with Crippen molar-refractivity contribution < 1.29 is 4.79 Å². The third-order valence-electron chi connectivity index (χ3n) is 3.99. The largest absolute Gasteiger partial charge is 0.320 e. The van der Waals surface area contributed by atoms with Gasteiger partial charge in [0, 0.05) is 19.5 Å². The third kappa shape index (κ3) is 3.98. The second kappa shape index (κ2) is 8.13. The Morgan fingerprint density at radius 1 is 1.04 bits per heavy atom. The van der Waals surface area contributed by atoms with Gasteiger partial charge in [-0.3, -0.25) is 4.79 Å². The fourth-order valence-corrected chi connectivity index (χ4v) is 5.52. The lowest BCUT2D eigenvalue weighted by Gasteiger charge is -2.13. The van der Waals surface area contributed by atoms with Crippen LogP contribution in [0.5, 0.6) is 0 Å². The molecule has 1 N–H and O–H groups in total. The summed E-state index contributed by atoms with van der Waals surface area (Å²) in [5, 5.41) is 4.53. The van der Waals surface area contributed by atoms with E-state index in [4.69, 9.17) is 28.2 Å². The maximum atomic E-state index is 12.9. The van der Waals surface area contributed by atoms with E-state index < -0.39 is 0 Å². The molecule has 0 unspecified atom stereocenters. The van der Waals surface area contributed by atoms with Crippen LogP contribution >= 0.6 is 66.4 Å². The summed E-state index contributed by atoms with van der Waals surface area (Å²) in [4.78, 5) is 17.6. The summed E-state index contributed by atoms with van der Waals surface area (Å²) in [6.07, 6.45) is 0. The number of hydrogen-bond acceptors (Lipinski definition) is 3. The van der Waals surface area contributed by atoms with Crippen molar-refractivity contribution in [2.45, 2.75) is 0 Å². The number of aromatic nitrogens is 1. The summed E-state index contributed by atoms with van der Waals surface area (Å²) in [5.74, 6) is -0.327. The average Bonchev–Trinajstić information content (AvgIpc) is 3.07. The zero-order valence-corrected chi connectivity index (χ0v) is 19.5. The van der Waals surface area contributed by atoms with E-state index >= 15 is 0 Å². The Morgan fingerprint density at radius 2 is 1.82 bits per heavy atom. The quantitative estimate of drug-likeness (QED) is 0.277. The van der Waals surface area contributed by atoms with Crippen LogP contribution in [0.15, 0.2) is 63.5 Å². The first kappa shape index (κ1) is 19.9. The van der Waals surface area contributed by atoms with Crippen molar-refractivity contribution in [1.82, 2.24) is 4.98 Å². The van der Waals surface area contributed by atoms with Crippen molar-refractivity contribution in [3.63, 3.8) is 0 Å². The van der Waals surface area contributed by atoms with Gasteiger partial charge in [0.05, 0.1) is 26.5 Å². The minimum atomic E-state index is -0.327. The Kier molecular flexibility index (Phi) is 5.76. The van der Waals surface area contributed by atoms with Crippen molar-refractivity contribution in [3.8, 4) is 10.6 Å². The fraction of sp³-hybridized carbons (Fsp3) is 0. The molecule has 0 spiro atoms. The smallest absolute Gasteiger partial charge is 0.257 e. The first-order valence-corrected chi connectivity index (χ1v) is 11.2. The topological polar surface area (TPSA) is 42.0 Å². The molecule has 1 heterocycles. The van der Waals surface area contributed by atoms with E-state index in [1.54, 1.807) is 29.5 Å². The molecule has 140 valence electrons. The van der Waals surface area contributed by atoms with Gasteiger partial charge >= 0.3 is 0 Å². The van der Waals surface area contributed by atoms with Gasteiger partial charge in [-0.25, -0.2) is 4.98 Å². The number of anilines is 1. The normalized spacial score (nSPS) is 11.0. The van der Waals surface area contributed by atoms with E-state index in [-0.39, 0.29) is 5.91 Å². The number of halogens is 4. The van der Waals surface area contributed by atoms with Gasteiger partial charge in [-0.05, 0) is 58.4 Å². The molecule has 0 aliphatic heterocycles. The highest BCUT2D eigenvalue weighted by Gasteiger charge is 2.19. The van der Waals surface area contributed by atoms with Crippen LogP contribution in [0.1, 0.15) is 10.4 Å². The summed E-state index contributed by atoms with van der Waals surface area (Å²) in [6, 6.07) is 16.5. The second-order valence-electron chi connectivity index (χ2n) is 5.88. The molecule has 0 fully saturated rings. The molecule has 0 radical (unpaired) electrons. The maximum absolute atomic E-state index is 12.9. The van der Waals surface area contributed by atoms with Crippen molar-refractivity contribution in [1.29, 1.82) is 0 Å². The van der Waals surface area contributed by atoms with Crippen molar-refractivity contribution >= 4 is 88.2 Å². The molecule has 3 nitrogen and oxygen atoms in total. The Morgan fingerprint density at radius 3 is 2.57 bits per heavy atom. The van der Waals surface area contributed by atoms with Crippen LogP contribution in [0.2, 0.25) is 10.0 Å². The van der Waals surface area contributed by atoms with Crippen LogP contribution in [-0.2, 0) is 0 Å². The van der Waals surface area contributed by atoms with E-state index in [1.165, 1.54) is 0 Å². The number of carbonyl (C=O) groups excluding carboxylic acids is 1. The van der Waals surface area contributed by atoms with Crippen LogP contribution in [0.3, 0.4) is 0 Å². The summed E-state index contributed by atoms with van der Waals surface area (Å²) < 4.78 is 2.68. The van der Waals surface area contributed by atoms with Crippen LogP contribution in [-0.4, -0.2) is 10.9 Å². The molecule has 0 aliphatic rings. The number of benzene rings is 3. The monoisotopic (exact) mass is 554 g/mol. The number of thiazole rings is 1. The number of carbonyl (C=O) groups is 1. The fourth-order valence-electron chi connectivity index (χ4n) is 2.71. The number of rotatable bonds is 3. The van der Waals surface area contributed by atoms with Gasteiger partial charge in [0.2, 0.25) is 0 Å². The highest BCUT2D eigenvalue weighted by atomic mass is 79.9. The Bertz CT molecular complexity index is 1190. The molecule has 3 aromatic carbocycles. The van der Waals surface area contributed by atoms with Gasteiger partial charge in [-0.1, -0.05) is 51.3 Å². The Hall–Kier alpha value is -1.44. The van der Waals surface area contributed by atoms with Gasteiger partial charge in [0.25, 0.3) is 5.91 Å². The molecule has 0 saturated heterocycles. The number of nitrogens with one attached hydrogen (secondary N) is 1. The molecule has 8 heteroatoms. The molecule has 0 atom stereocenters. The number of amides is 1. The van der Waals surface area contributed by atoms with Gasteiger partial charge in [-0.2, -0.15) is 0 Å². The highest BCUT2D eigenvalue weighted by Crippen LogP contribution is 2.40. The highest BCUT2D eigenvalue weighted by molar-refractivity contribution is 9.11. The van der Waals surface area contributed by atoms with Crippen molar-refractivity contribution in [2.24, 2.45) is 0 Å². The molecule has 0 aliphatic carbocycles. The minimum absolute atomic E-state index is 0.291. The first-order chi connectivity index (χ1) is 13.4. The molecule has 1 aromatic heterocycles. The molecule has 28 heavy (non-hydrogen) atoms. The minimum Gasteiger partial charge on any atom is -0.320 e. The van der Waals surface area contributed by atoms with E-state index in [1.807, 2.05) is 36.4 Å². The molecular weight excluding hydrogens is 547 g/mol. The van der Waals surface area contributed by atoms with Crippen molar-refractivity contribution in [3.05, 3.63) is 79.2 Å². The number of para-hydroxylation sites is 1. The predicted molar refractivity (Wildman–Crippen MR) is 125 cm³/mol. The summed E-state index contributed by atoms with van der Waals surface area (Å²) >= 11 is 20.8. The molecule has 4 rings (SSSR count). The summed E-state index contributed by atoms with van der Waals surface area (Å²) in [6.45, 7) is 0. The van der Waals surface area contributed by atoms with Gasteiger partial charge in [-0.15, -0.1) is 11.3 Å². The van der Waals surface area contributed by atoms with Gasteiger partial charge in [0.1, 0.15) is 5.01 Å². The van der Waals surface area contributed by atoms with E-state index in [2.05, 4.69) is 37.2 Å². The third-order valence-corrected chi connectivity index (χ3v) is 6.69. The summed E-state index contributed by atoms with van der Waals surface area (Å²) in [5.41, 5.74) is 2.69. The van der Waals surface area contributed by atoms with Crippen LogP contribution in [0, 0.1) is 0 Å². The van der Waals surface area contributed by atoms with Gasteiger partial charge in [0.15, 0.2) is 0 Å². The lowest BCUT2D eigenvalue weighted by atomic mass is 10.1. The standard InChI is InChI=1S/C20H10Br2Cl2N2OS/c21-10-7-13(20-25-16-3-1-2-4-17(16)28-20)18(14(22)8-10)26-19(27)12-6-5-11(23)9-15(12)24/h1-9H,(H,26,27). The van der Waals surface area contributed by atoms with Gasteiger partial charge < -0.3 is 5.32 Å². The van der Waals surface area contributed by atoms with Crippen LogP contribution in [0.25, 0.3) is 20.8 Å². The molecule has 4 aromatic rings. The average molecular weight is 557 g/mol. The van der Waals surface area contributed by atoms with Crippen LogP contribution in [0.4, 0.5) is 5.69 Å². The lowest BCUT2D eigenvalue weighted by molar-refractivity contribution is 0.102. The Labute approximate surface area is 192 Å². The second-order valence-corrected chi connectivity index (χ2v) is 9.52. The number of fused-ring (bicyclic) bond motifs is 1. The molecular formula is C20H10Br2Cl2N2OS. The first-order valence-electron chi connectivity index (χ1n) is 8.04. The Balaban J connectivity index is 1.79. The van der Waals surface area contributed by atoms with Crippen LogP contribution < -0.4 is 5.32 Å². The SMILES string of the molecule is O=C(Nc1c(Br)cc(Br)cc1-c1nc2ccccc2s1)c1ccc(Cl)cc1Cl. The summed E-state index contributed by atoms with van der Waals surface area (Å²) in [7, 11) is 0. The van der Waals surface area contributed by atoms with E-state index in [9.17, 15) is 4.79 Å². The predicted octanol–water partition coefficient (Wildman–Crippen LogP) is 8.05. The van der Waals surface area contributed by atoms with Crippen molar-refractivity contribution in [2.75, 3.05) is 5.32 Å². The lowest BCUT2D eigenvalue weighted by Crippen LogP contribution is -2.13. The number of nitrogens with zero attached hydrogens (tertiary/aromatic N) is 1. The molecule has 0 bridgehead atoms. The molecule has 1 amide bonds. The zero-order valence-electron chi connectivity index (χ0n) is 14.0. The van der Waals surface area contributed by atoms with E-state index in [0.29, 0.717) is 21.3 Å². The zero-order chi connectivity index (χ0) is 19.8. The van der Waals surface area contributed by atoms with E-state index in [0.717, 1.165) is 29.7 Å². The maximum Gasteiger partial charge on any atom is 0.257 e. The molecule has 0 saturated carbocycles. The number of hydrogen-bond donors (Lipinski definition) is 1.